The highest BCUT2D eigenvalue weighted by atomic mass is 79.9. The number of carbonyl (C=O) groups is 1. The molecule has 14 heteroatoms. The molecule has 3 aromatic carbocycles. The smallest absolute Gasteiger partial charge is 0.338 e. The van der Waals surface area contributed by atoms with Gasteiger partial charge in [-0.1, -0.05) is 69.7 Å². The molecular weight excluding hydrogens is 724 g/mol. The molecule has 3 aromatic heterocycles. The van der Waals surface area contributed by atoms with Crippen LogP contribution in [0.3, 0.4) is 0 Å². The van der Waals surface area contributed by atoms with Crippen LogP contribution in [-0.2, 0) is 9.53 Å². The average Bonchev–Trinajstić information content (AvgIpc) is 3.77. The Morgan fingerprint density at radius 3 is 2.70 bits per heavy atom. The Balaban J connectivity index is 1.31. The number of nitro benzene ring substituents is 1. The fourth-order valence-corrected chi connectivity index (χ4v) is 8.56. The number of nitrogens with zero attached hydrogens (tertiary/aromatic N) is 4. The van der Waals surface area contributed by atoms with Gasteiger partial charge in [0, 0.05) is 28.2 Å². The van der Waals surface area contributed by atoms with E-state index >= 15 is 0 Å². The lowest BCUT2D eigenvalue weighted by molar-refractivity contribution is -0.384. The molecule has 234 valence electrons. The largest absolute Gasteiger partial charge is 0.463 e. The van der Waals surface area contributed by atoms with Gasteiger partial charge < -0.3 is 9.15 Å². The zero-order chi connectivity index (χ0) is 32.7. The predicted octanol–water partition coefficient (Wildman–Crippen LogP) is 6.96. The molecule has 0 aliphatic carbocycles. The van der Waals surface area contributed by atoms with E-state index in [0.717, 1.165) is 15.6 Å². The van der Waals surface area contributed by atoms with Gasteiger partial charge in [0.15, 0.2) is 14.2 Å². The van der Waals surface area contributed by atoms with Crippen LogP contribution in [0.4, 0.5) is 5.69 Å². The van der Waals surface area contributed by atoms with Crippen molar-refractivity contribution in [3.8, 4) is 0 Å². The highest BCUT2D eigenvalue weighted by Gasteiger charge is 2.35. The second-order valence-corrected chi connectivity index (χ2v) is 14.3. The van der Waals surface area contributed by atoms with Crippen molar-refractivity contribution < 1.29 is 18.9 Å². The third-order valence-electron chi connectivity index (χ3n) is 7.16. The number of hydrogen-bond acceptors (Lipinski definition) is 11. The first-order valence-corrected chi connectivity index (χ1v) is 17.4. The standard InChI is InChI=1S/C33H21BrN4O6S3/c1-2-43-31(40)27-28(18-7-4-3-5-8-18)36-32-37(29(27)19-9-6-10-20(34)15-19)30(39)25(45-32)17-22-12-14-26(44-22)47-33-35-23-13-11-21(38(41)42)16-24(23)46-33/h3-17,29H,2H2,1H3/b25-17-/t29-/m0/s1. The van der Waals surface area contributed by atoms with E-state index < -0.39 is 16.9 Å². The molecule has 7 rings (SSSR count). The normalized spacial score (nSPS) is 14.7. The minimum absolute atomic E-state index is 0.00635. The fraction of sp³-hybridized carbons (Fsp3) is 0.0909. The number of fused-ring (bicyclic) bond motifs is 2. The minimum Gasteiger partial charge on any atom is -0.463 e. The zero-order valence-corrected chi connectivity index (χ0v) is 28.3. The zero-order valence-electron chi connectivity index (χ0n) is 24.3. The van der Waals surface area contributed by atoms with Crippen molar-refractivity contribution >= 4 is 84.0 Å². The third kappa shape index (κ3) is 6.12. The first-order valence-electron chi connectivity index (χ1n) is 14.2. The lowest BCUT2D eigenvalue weighted by Crippen LogP contribution is -2.40. The van der Waals surface area contributed by atoms with E-state index in [0.29, 0.717) is 40.4 Å². The number of halogens is 1. The van der Waals surface area contributed by atoms with Crippen LogP contribution < -0.4 is 14.9 Å². The molecule has 0 amide bonds. The molecule has 0 saturated carbocycles. The van der Waals surface area contributed by atoms with Gasteiger partial charge in [0.25, 0.3) is 11.2 Å². The van der Waals surface area contributed by atoms with Gasteiger partial charge in [0.2, 0.25) is 0 Å². The highest BCUT2D eigenvalue weighted by Crippen LogP contribution is 2.37. The molecule has 1 aliphatic rings. The average molecular weight is 746 g/mol. The summed E-state index contributed by atoms with van der Waals surface area (Å²) >= 11 is 7.35. The topological polar surface area (TPSA) is 130 Å². The molecule has 1 aliphatic heterocycles. The summed E-state index contributed by atoms with van der Waals surface area (Å²) in [6.45, 7) is 1.90. The molecule has 0 saturated heterocycles. The molecular formula is C33H21BrN4O6S3. The maximum Gasteiger partial charge on any atom is 0.338 e. The SMILES string of the molecule is CCOC(=O)C1=C(c2ccccc2)N=c2s/c(=C\c3ccc(Sc4nc5ccc([N+](=O)[O-])cc5s4)o3)c(=O)n2[C@H]1c1cccc(Br)c1. The molecule has 0 fully saturated rings. The van der Waals surface area contributed by atoms with E-state index in [9.17, 15) is 19.7 Å². The molecule has 0 N–H and O–H groups in total. The number of aromatic nitrogens is 2. The van der Waals surface area contributed by atoms with Crippen LogP contribution in [-0.4, -0.2) is 27.1 Å². The van der Waals surface area contributed by atoms with Crippen molar-refractivity contribution in [1.82, 2.24) is 9.55 Å². The van der Waals surface area contributed by atoms with Crippen LogP contribution in [0.5, 0.6) is 0 Å². The number of benzene rings is 3. The Bertz CT molecular complexity index is 2410. The second kappa shape index (κ2) is 12.9. The lowest BCUT2D eigenvalue weighted by atomic mass is 9.93. The molecule has 10 nitrogen and oxygen atoms in total. The maximum atomic E-state index is 14.1. The number of ether oxygens (including phenoxy) is 1. The molecule has 47 heavy (non-hydrogen) atoms. The lowest BCUT2D eigenvalue weighted by Gasteiger charge is -2.26. The van der Waals surface area contributed by atoms with Crippen molar-refractivity contribution in [3.05, 3.63) is 142 Å². The number of hydrogen-bond donors (Lipinski definition) is 0. The Hall–Kier alpha value is -4.63. The number of furan rings is 1. The number of rotatable bonds is 8. The van der Waals surface area contributed by atoms with Gasteiger partial charge in [0.05, 0.1) is 43.6 Å². The van der Waals surface area contributed by atoms with Crippen molar-refractivity contribution in [1.29, 1.82) is 0 Å². The van der Waals surface area contributed by atoms with Crippen LogP contribution in [0.1, 0.15) is 29.9 Å². The molecule has 0 radical (unpaired) electrons. The maximum absolute atomic E-state index is 14.1. The van der Waals surface area contributed by atoms with Crippen LogP contribution in [0.15, 0.2) is 119 Å². The summed E-state index contributed by atoms with van der Waals surface area (Å²) in [6.07, 6.45) is 1.66. The molecule has 0 spiro atoms. The minimum atomic E-state index is -0.794. The highest BCUT2D eigenvalue weighted by molar-refractivity contribution is 9.10. The third-order valence-corrected chi connectivity index (χ3v) is 10.6. The van der Waals surface area contributed by atoms with E-state index in [4.69, 9.17) is 14.1 Å². The van der Waals surface area contributed by atoms with E-state index in [1.54, 1.807) is 31.2 Å². The Morgan fingerprint density at radius 2 is 1.94 bits per heavy atom. The summed E-state index contributed by atoms with van der Waals surface area (Å²) in [4.78, 5) is 48.3. The van der Waals surface area contributed by atoms with Crippen LogP contribution in [0.2, 0.25) is 0 Å². The predicted molar refractivity (Wildman–Crippen MR) is 184 cm³/mol. The summed E-state index contributed by atoms with van der Waals surface area (Å²) in [5.41, 5.74) is 2.50. The van der Waals surface area contributed by atoms with E-state index in [1.165, 1.54) is 51.1 Å². The van der Waals surface area contributed by atoms with Gasteiger partial charge in [-0.05, 0) is 54.6 Å². The van der Waals surface area contributed by atoms with Crippen molar-refractivity contribution in [2.24, 2.45) is 4.99 Å². The van der Waals surface area contributed by atoms with Gasteiger partial charge in [0.1, 0.15) is 5.76 Å². The molecule has 4 heterocycles. The molecule has 0 bridgehead atoms. The number of esters is 1. The number of non-ortho nitro benzene ring substituents is 1. The summed E-state index contributed by atoms with van der Waals surface area (Å²) in [5.74, 6) is -0.104. The van der Waals surface area contributed by atoms with Crippen molar-refractivity contribution in [2.45, 2.75) is 22.4 Å². The van der Waals surface area contributed by atoms with Crippen LogP contribution in [0, 0.1) is 10.1 Å². The number of thiazole rings is 2. The van der Waals surface area contributed by atoms with Crippen molar-refractivity contribution in [3.63, 3.8) is 0 Å². The molecule has 0 unspecified atom stereocenters. The van der Waals surface area contributed by atoms with E-state index in [1.807, 2.05) is 54.6 Å². The molecule has 1 atom stereocenters. The Morgan fingerprint density at radius 1 is 1.11 bits per heavy atom. The summed E-state index contributed by atoms with van der Waals surface area (Å²) < 4.78 is 15.6. The summed E-state index contributed by atoms with van der Waals surface area (Å²) in [7, 11) is 0. The Kier molecular flexibility index (Phi) is 8.49. The van der Waals surface area contributed by atoms with Gasteiger partial charge in [-0.3, -0.25) is 19.5 Å². The van der Waals surface area contributed by atoms with Crippen LogP contribution in [0.25, 0.3) is 22.0 Å². The fourth-order valence-electron chi connectivity index (χ4n) is 5.16. The van der Waals surface area contributed by atoms with Gasteiger partial charge in [-0.15, -0.1) is 11.3 Å². The van der Waals surface area contributed by atoms with Crippen LogP contribution >= 0.6 is 50.4 Å². The van der Waals surface area contributed by atoms with Gasteiger partial charge in [-0.2, -0.15) is 0 Å². The number of nitro groups is 1. The first-order chi connectivity index (χ1) is 22.8. The quantitative estimate of drug-likeness (QED) is 0.0929. The Labute approximate surface area is 286 Å². The molecule has 6 aromatic rings. The van der Waals surface area contributed by atoms with E-state index in [-0.39, 0.29) is 23.4 Å². The second-order valence-electron chi connectivity index (χ2n) is 10.1. The van der Waals surface area contributed by atoms with Crippen molar-refractivity contribution in [2.75, 3.05) is 6.61 Å². The first kappa shape index (κ1) is 31.0. The van der Waals surface area contributed by atoms with Gasteiger partial charge >= 0.3 is 5.97 Å². The van der Waals surface area contributed by atoms with E-state index in [2.05, 4.69) is 20.9 Å². The van der Waals surface area contributed by atoms with Gasteiger partial charge in [-0.25, -0.2) is 14.8 Å². The summed E-state index contributed by atoms with van der Waals surface area (Å²) in [6, 6.07) is 24.1. The summed E-state index contributed by atoms with van der Waals surface area (Å²) in [5, 5.41) is 11.7. The number of carbonyl (C=O) groups excluding carboxylic acids is 1. The monoisotopic (exact) mass is 744 g/mol.